The van der Waals surface area contributed by atoms with Crippen molar-refractivity contribution in [3.63, 3.8) is 0 Å². The minimum atomic E-state index is -2.90. The van der Waals surface area contributed by atoms with E-state index in [-0.39, 0.29) is 5.25 Å². The highest BCUT2D eigenvalue weighted by molar-refractivity contribution is 9.10. The minimum Gasteiger partial charge on any atom is -0.310 e. The van der Waals surface area contributed by atoms with Crippen LogP contribution in [0.2, 0.25) is 0 Å². The standard InChI is InChI=1S/C14H20BrNO2S/c1-19(17,18)13-7-4-6-12(9-13)16-10-11-5-2-3-8-14(11)15/h2-3,5,8,12-13,16H,4,6-7,9-10H2,1H3. The van der Waals surface area contributed by atoms with Crippen LogP contribution < -0.4 is 5.32 Å². The number of rotatable bonds is 4. The lowest BCUT2D eigenvalue weighted by molar-refractivity contribution is 0.371. The molecule has 1 fully saturated rings. The summed E-state index contributed by atoms with van der Waals surface area (Å²) < 4.78 is 24.3. The van der Waals surface area contributed by atoms with Gasteiger partial charge in [-0.1, -0.05) is 40.5 Å². The molecule has 1 aliphatic carbocycles. The van der Waals surface area contributed by atoms with Crippen LogP contribution in [0.4, 0.5) is 0 Å². The molecule has 2 rings (SSSR count). The molecule has 1 aromatic rings. The Balaban J connectivity index is 1.92. The first-order chi connectivity index (χ1) is 8.97. The molecule has 2 atom stereocenters. The Kier molecular flexibility index (Phi) is 5.03. The van der Waals surface area contributed by atoms with E-state index in [1.54, 1.807) is 0 Å². The Morgan fingerprint density at radius 2 is 2.05 bits per heavy atom. The van der Waals surface area contributed by atoms with Gasteiger partial charge in [0.1, 0.15) is 9.84 Å². The molecule has 0 bridgehead atoms. The van der Waals surface area contributed by atoms with Crippen molar-refractivity contribution in [2.24, 2.45) is 0 Å². The third-order valence-corrected chi connectivity index (χ3v) is 6.18. The summed E-state index contributed by atoms with van der Waals surface area (Å²) in [6.07, 6.45) is 4.96. The first kappa shape index (κ1) is 15.0. The SMILES string of the molecule is CS(=O)(=O)C1CCCC(NCc2ccccc2Br)C1. The smallest absolute Gasteiger partial charge is 0.150 e. The van der Waals surface area contributed by atoms with E-state index in [0.717, 1.165) is 36.7 Å². The molecule has 0 aliphatic heterocycles. The first-order valence-corrected chi connectivity index (χ1v) is 9.37. The summed E-state index contributed by atoms with van der Waals surface area (Å²) in [6, 6.07) is 8.42. The number of benzene rings is 1. The summed E-state index contributed by atoms with van der Waals surface area (Å²) in [5.74, 6) is 0. The highest BCUT2D eigenvalue weighted by Crippen LogP contribution is 2.24. The topological polar surface area (TPSA) is 46.2 Å². The fraction of sp³-hybridized carbons (Fsp3) is 0.571. The van der Waals surface area contributed by atoms with Gasteiger partial charge in [-0.15, -0.1) is 0 Å². The fourth-order valence-corrected chi connectivity index (χ4v) is 4.22. The average Bonchev–Trinajstić information content (AvgIpc) is 2.37. The van der Waals surface area contributed by atoms with Crippen molar-refractivity contribution < 1.29 is 8.42 Å². The van der Waals surface area contributed by atoms with Gasteiger partial charge in [0.15, 0.2) is 0 Å². The van der Waals surface area contributed by atoms with E-state index >= 15 is 0 Å². The molecule has 3 nitrogen and oxygen atoms in total. The Labute approximate surface area is 123 Å². The summed E-state index contributed by atoms with van der Waals surface area (Å²) in [7, 11) is -2.90. The van der Waals surface area contributed by atoms with Gasteiger partial charge in [0.05, 0.1) is 5.25 Å². The van der Waals surface area contributed by atoms with E-state index in [1.807, 2.05) is 18.2 Å². The molecule has 0 heterocycles. The lowest BCUT2D eigenvalue weighted by Crippen LogP contribution is -2.38. The van der Waals surface area contributed by atoms with Crippen LogP contribution >= 0.6 is 15.9 Å². The number of halogens is 1. The van der Waals surface area contributed by atoms with E-state index in [1.165, 1.54) is 11.8 Å². The third-order valence-electron chi connectivity index (χ3n) is 3.77. The molecule has 1 saturated carbocycles. The normalized spacial score (nSPS) is 24.3. The van der Waals surface area contributed by atoms with Crippen LogP contribution in [-0.2, 0) is 16.4 Å². The van der Waals surface area contributed by atoms with Crippen LogP contribution in [0.1, 0.15) is 31.2 Å². The molecular formula is C14H20BrNO2S. The van der Waals surface area contributed by atoms with E-state index in [4.69, 9.17) is 0 Å². The maximum absolute atomic E-state index is 11.6. The Morgan fingerprint density at radius 3 is 2.74 bits per heavy atom. The molecule has 1 aromatic carbocycles. The summed E-state index contributed by atoms with van der Waals surface area (Å²) in [4.78, 5) is 0. The molecule has 5 heteroatoms. The minimum absolute atomic E-state index is 0.169. The fourth-order valence-electron chi connectivity index (χ4n) is 2.62. The molecule has 0 amide bonds. The zero-order valence-electron chi connectivity index (χ0n) is 11.1. The number of nitrogens with one attached hydrogen (secondary N) is 1. The van der Waals surface area contributed by atoms with Gasteiger partial charge in [0.2, 0.25) is 0 Å². The number of hydrogen-bond acceptors (Lipinski definition) is 3. The quantitative estimate of drug-likeness (QED) is 0.912. The first-order valence-electron chi connectivity index (χ1n) is 6.62. The van der Waals surface area contributed by atoms with Crippen LogP contribution in [0.15, 0.2) is 28.7 Å². The van der Waals surface area contributed by atoms with Crippen LogP contribution in [0.3, 0.4) is 0 Å². The van der Waals surface area contributed by atoms with Crippen LogP contribution in [0, 0.1) is 0 Å². The third kappa shape index (κ3) is 4.29. The monoisotopic (exact) mass is 345 g/mol. The highest BCUT2D eigenvalue weighted by atomic mass is 79.9. The molecule has 106 valence electrons. The van der Waals surface area contributed by atoms with E-state index < -0.39 is 9.84 Å². The van der Waals surface area contributed by atoms with Gasteiger partial charge in [-0.3, -0.25) is 0 Å². The van der Waals surface area contributed by atoms with Crippen LogP contribution in [0.5, 0.6) is 0 Å². The van der Waals surface area contributed by atoms with Gasteiger partial charge >= 0.3 is 0 Å². The molecule has 2 unspecified atom stereocenters. The molecule has 19 heavy (non-hydrogen) atoms. The molecule has 0 spiro atoms. The summed E-state index contributed by atoms with van der Waals surface area (Å²) in [6.45, 7) is 0.780. The molecule has 0 radical (unpaired) electrons. The van der Waals surface area contributed by atoms with E-state index in [2.05, 4.69) is 27.3 Å². The summed E-state index contributed by atoms with van der Waals surface area (Å²) in [5.41, 5.74) is 1.21. The maximum atomic E-state index is 11.6. The second kappa shape index (κ2) is 6.37. The van der Waals surface area contributed by atoms with Gasteiger partial charge in [-0.05, 0) is 30.9 Å². The zero-order valence-corrected chi connectivity index (χ0v) is 13.5. The Bertz CT molecular complexity index is 530. The predicted octanol–water partition coefficient (Wildman–Crippen LogP) is 2.89. The van der Waals surface area contributed by atoms with Crippen LogP contribution in [0.25, 0.3) is 0 Å². The molecule has 0 aromatic heterocycles. The van der Waals surface area contributed by atoms with Gasteiger partial charge in [-0.2, -0.15) is 0 Å². The predicted molar refractivity (Wildman–Crippen MR) is 81.9 cm³/mol. The van der Waals surface area contributed by atoms with Crippen LogP contribution in [-0.4, -0.2) is 26.0 Å². The van der Waals surface area contributed by atoms with Crippen molar-refractivity contribution >= 4 is 25.8 Å². The molecule has 0 saturated heterocycles. The second-order valence-electron chi connectivity index (χ2n) is 5.29. The van der Waals surface area contributed by atoms with Crippen molar-refractivity contribution in [3.05, 3.63) is 34.3 Å². The zero-order chi connectivity index (χ0) is 13.9. The summed E-state index contributed by atoms with van der Waals surface area (Å²) >= 11 is 3.53. The lowest BCUT2D eigenvalue weighted by Gasteiger charge is -2.29. The number of hydrogen-bond donors (Lipinski definition) is 1. The lowest BCUT2D eigenvalue weighted by atomic mass is 9.95. The van der Waals surface area contributed by atoms with Crippen molar-refractivity contribution in [2.45, 2.75) is 43.5 Å². The van der Waals surface area contributed by atoms with E-state index in [9.17, 15) is 8.42 Å². The molecule has 1 aliphatic rings. The van der Waals surface area contributed by atoms with Crippen molar-refractivity contribution in [3.8, 4) is 0 Å². The molecule has 1 N–H and O–H groups in total. The highest BCUT2D eigenvalue weighted by Gasteiger charge is 2.28. The Hall–Kier alpha value is -0.390. The van der Waals surface area contributed by atoms with Crippen molar-refractivity contribution in [1.29, 1.82) is 0 Å². The largest absolute Gasteiger partial charge is 0.310 e. The van der Waals surface area contributed by atoms with Crippen molar-refractivity contribution in [1.82, 2.24) is 5.32 Å². The van der Waals surface area contributed by atoms with Gasteiger partial charge in [0.25, 0.3) is 0 Å². The maximum Gasteiger partial charge on any atom is 0.150 e. The van der Waals surface area contributed by atoms with Gasteiger partial charge < -0.3 is 5.32 Å². The van der Waals surface area contributed by atoms with Crippen molar-refractivity contribution in [2.75, 3.05) is 6.26 Å². The van der Waals surface area contributed by atoms with Gasteiger partial charge in [0, 0.05) is 23.3 Å². The van der Waals surface area contributed by atoms with Gasteiger partial charge in [-0.25, -0.2) is 8.42 Å². The molecular weight excluding hydrogens is 326 g/mol. The summed E-state index contributed by atoms with van der Waals surface area (Å²) in [5, 5.41) is 3.32. The number of sulfone groups is 1. The second-order valence-corrected chi connectivity index (χ2v) is 8.47. The Morgan fingerprint density at radius 1 is 1.32 bits per heavy atom. The van der Waals surface area contributed by atoms with E-state index in [0.29, 0.717) is 6.04 Å². The average molecular weight is 346 g/mol.